The number of anilines is 4. The number of nitrogens with one attached hydrogen (secondary N) is 2. The van der Waals surface area contributed by atoms with Gasteiger partial charge in [0.2, 0.25) is 17.8 Å². The Morgan fingerprint density at radius 3 is 2.40 bits per heavy atom. The van der Waals surface area contributed by atoms with E-state index >= 15 is 0 Å². The van der Waals surface area contributed by atoms with Crippen molar-refractivity contribution in [3.63, 3.8) is 0 Å². The van der Waals surface area contributed by atoms with Crippen molar-refractivity contribution < 1.29 is 19.7 Å². The van der Waals surface area contributed by atoms with Crippen molar-refractivity contribution in [2.75, 3.05) is 41.9 Å². The Bertz CT molecular complexity index is 1260. The molecule has 0 amide bonds. The normalized spacial score (nSPS) is 13.5. The van der Waals surface area contributed by atoms with Crippen molar-refractivity contribution in [1.82, 2.24) is 15.0 Å². The summed E-state index contributed by atoms with van der Waals surface area (Å²) in [6, 6.07) is 9.60. The zero-order chi connectivity index (χ0) is 24.8. The molecule has 0 aliphatic carbocycles. The highest BCUT2D eigenvalue weighted by molar-refractivity contribution is 5.82. The number of benzene rings is 2. The van der Waals surface area contributed by atoms with Crippen molar-refractivity contribution in [3.8, 4) is 5.75 Å². The Hall–Kier alpha value is -4.92. The molecule has 3 N–H and O–H groups in total. The van der Waals surface area contributed by atoms with Gasteiger partial charge in [0, 0.05) is 42.5 Å². The summed E-state index contributed by atoms with van der Waals surface area (Å²) in [5.74, 6) is 0.184. The third-order valence-corrected chi connectivity index (χ3v) is 4.83. The quantitative estimate of drug-likeness (QED) is 0.242. The third kappa shape index (κ3) is 5.91. The number of phenolic OH excluding ortho intramolecular Hbond substituents is 1. The molecule has 35 heavy (non-hydrogen) atoms. The van der Waals surface area contributed by atoms with Gasteiger partial charge in [-0.05, 0) is 24.3 Å². The summed E-state index contributed by atoms with van der Waals surface area (Å²) in [5.41, 5.74) is 3.08. The molecule has 0 radical (unpaired) electrons. The summed E-state index contributed by atoms with van der Waals surface area (Å²) in [4.78, 5) is 35.7. The predicted octanol–water partition coefficient (Wildman–Crippen LogP) is 2.42. The highest BCUT2D eigenvalue weighted by Crippen LogP contribution is 2.26. The van der Waals surface area contributed by atoms with Crippen LogP contribution < -0.4 is 15.6 Å². The van der Waals surface area contributed by atoms with E-state index in [9.17, 15) is 25.3 Å². The number of hydrazone groups is 1. The minimum Gasteiger partial charge on any atom is -0.502 e. The first kappa shape index (κ1) is 23.2. The van der Waals surface area contributed by atoms with Crippen molar-refractivity contribution in [1.29, 1.82) is 0 Å². The van der Waals surface area contributed by atoms with Crippen LogP contribution in [0.25, 0.3) is 0 Å². The molecule has 0 unspecified atom stereocenters. The third-order valence-electron chi connectivity index (χ3n) is 4.83. The van der Waals surface area contributed by atoms with Gasteiger partial charge in [-0.3, -0.25) is 20.2 Å². The number of ether oxygens (including phenoxy) is 1. The molecule has 15 heteroatoms. The van der Waals surface area contributed by atoms with Crippen molar-refractivity contribution in [3.05, 3.63) is 68.3 Å². The lowest BCUT2D eigenvalue weighted by atomic mass is 10.2. The van der Waals surface area contributed by atoms with Crippen LogP contribution >= 0.6 is 0 Å². The molecule has 2 heterocycles. The van der Waals surface area contributed by atoms with Crippen LogP contribution in [0.1, 0.15) is 5.56 Å². The Labute approximate surface area is 197 Å². The van der Waals surface area contributed by atoms with E-state index in [1.54, 1.807) is 0 Å². The van der Waals surface area contributed by atoms with E-state index in [4.69, 9.17) is 4.74 Å². The molecule has 3 aromatic rings. The van der Waals surface area contributed by atoms with E-state index in [1.165, 1.54) is 48.7 Å². The average Bonchev–Trinajstić information content (AvgIpc) is 2.85. The van der Waals surface area contributed by atoms with Gasteiger partial charge < -0.3 is 20.1 Å². The van der Waals surface area contributed by atoms with Gasteiger partial charge in [0.05, 0.1) is 29.3 Å². The number of hydrogen-bond acceptors (Lipinski definition) is 13. The number of hydrogen-bond donors (Lipinski definition) is 3. The van der Waals surface area contributed by atoms with Crippen LogP contribution in [-0.2, 0) is 4.74 Å². The number of rotatable bonds is 8. The van der Waals surface area contributed by atoms with Gasteiger partial charge in [-0.15, -0.1) is 0 Å². The lowest BCUT2D eigenvalue weighted by molar-refractivity contribution is -0.385. The molecule has 1 aliphatic heterocycles. The van der Waals surface area contributed by atoms with Crippen LogP contribution in [0.5, 0.6) is 5.75 Å². The van der Waals surface area contributed by atoms with Crippen LogP contribution in [0.4, 0.5) is 34.9 Å². The maximum absolute atomic E-state index is 11.0. The Kier molecular flexibility index (Phi) is 6.87. The molecule has 180 valence electrons. The zero-order valence-electron chi connectivity index (χ0n) is 18.1. The van der Waals surface area contributed by atoms with Crippen LogP contribution in [-0.4, -0.2) is 62.4 Å². The van der Waals surface area contributed by atoms with Gasteiger partial charge in [-0.2, -0.15) is 20.1 Å². The molecule has 0 atom stereocenters. The van der Waals surface area contributed by atoms with Crippen molar-refractivity contribution in [2.45, 2.75) is 0 Å². The molecule has 1 aromatic heterocycles. The summed E-state index contributed by atoms with van der Waals surface area (Å²) < 4.78 is 5.37. The topological polar surface area (TPSA) is 194 Å². The SMILES string of the molecule is O=[N+]([O-])c1ccc(Nc2nc(N/N=C/c3ccc(O)c([N+](=O)[O-])c3)nc(N3CCOCC3)n2)cc1. The van der Waals surface area contributed by atoms with Gasteiger partial charge in [0.15, 0.2) is 5.75 Å². The first-order valence-corrected chi connectivity index (χ1v) is 10.3. The minimum absolute atomic E-state index is 0.0497. The first-order valence-electron chi connectivity index (χ1n) is 10.3. The van der Waals surface area contributed by atoms with E-state index in [-0.39, 0.29) is 17.6 Å². The number of nitro groups is 2. The van der Waals surface area contributed by atoms with Gasteiger partial charge in [0.1, 0.15) is 0 Å². The molecule has 15 nitrogen and oxygen atoms in total. The fourth-order valence-corrected chi connectivity index (χ4v) is 3.10. The second-order valence-electron chi connectivity index (χ2n) is 7.19. The van der Waals surface area contributed by atoms with E-state index in [1.807, 2.05) is 4.90 Å². The predicted molar refractivity (Wildman–Crippen MR) is 125 cm³/mol. The summed E-state index contributed by atoms with van der Waals surface area (Å²) >= 11 is 0. The summed E-state index contributed by atoms with van der Waals surface area (Å²) in [7, 11) is 0. The molecule has 2 aromatic carbocycles. The molecule has 4 rings (SSSR count). The van der Waals surface area contributed by atoms with Gasteiger partial charge >= 0.3 is 5.69 Å². The minimum atomic E-state index is -0.698. The number of nitro benzene ring substituents is 2. The largest absolute Gasteiger partial charge is 0.502 e. The number of nitrogens with zero attached hydrogens (tertiary/aromatic N) is 7. The maximum atomic E-state index is 11.0. The zero-order valence-corrected chi connectivity index (χ0v) is 18.1. The van der Waals surface area contributed by atoms with Crippen LogP contribution in [0.3, 0.4) is 0 Å². The monoisotopic (exact) mass is 481 g/mol. The van der Waals surface area contributed by atoms with E-state index < -0.39 is 21.3 Å². The highest BCUT2D eigenvalue weighted by atomic mass is 16.6. The van der Waals surface area contributed by atoms with Crippen LogP contribution in [0.15, 0.2) is 47.6 Å². The Morgan fingerprint density at radius 1 is 1.00 bits per heavy atom. The lowest BCUT2D eigenvalue weighted by Gasteiger charge is -2.27. The van der Waals surface area contributed by atoms with Crippen LogP contribution in [0.2, 0.25) is 0 Å². The fraction of sp³-hybridized carbons (Fsp3) is 0.200. The second kappa shape index (κ2) is 10.3. The molecule has 1 aliphatic rings. The van der Waals surface area contributed by atoms with Crippen molar-refractivity contribution >= 4 is 41.1 Å². The fourth-order valence-electron chi connectivity index (χ4n) is 3.10. The summed E-state index contributed by atoms with van der Waals surface area (Å²) in [6.45, 7) is 2.16. The lowest BCUT2D eigenvalue weighted by Crippen LogP contribution is -2.37. The van der Waals surface area contributed by atoms with Crippen molar-refractivity contribution in [2.24, 2.45) is 5.10 Å². The number of non-ortho nitro benzene ring substituents is 1. The molecule has 0 saturated carbocycles. The van der Waals surface area contributed by atoms with Crippen LogP contribution in [0, 0.1) is 20.2 Å². The van der Waals surface area contributed by atoms with Gasteiger partial charge in [-0.1, -0.05) is 0 Å². The van der Waals surface area contributed by atoms with Gasteiger partial charge in [0.25, 0.3) is 5.69 Å². The maximum Gasteiger partial charge on any atom is 0.311 e. The standard InChI is InChI=1S/C20H19N9O6/c30-17-6-1-13(11-16(17)29(33)34)12-21-26-19-23-18(22-14-2-4-15(5-3-14)28(31)32)24-20(25-19)27-7-9-35-10-8-27/h1-6,11-12,30H,7-10H2,(H2,22,23,24,25,26)/b21-12+. The summed E-state index contributed by atoms with van der Waals surface area (Å²) in [6.07, 6.45) is 1.31. The Balaban J connectivity index is 1.56. The first-order chi connectivity index (χ1) is 16.9. The molecular formula is C20H19N9O6. The molecule has 1 saturated heterocycles. The molecule has 1 fully saturated rings. The molecule has 0 bridgehead atoms. The number of morpholine rings is 1. The molecule has 0 spiro atoms. The number of aromatic nitrogens is 3. The second-order valence-corrected chi connectivity index (χ2v) is 7.19. The van der Waals surface area contributed by atoms with E-state index in [2.05, 4.69) is 30.8 Å². The highest BCUT2D eigenvalue weighted by Gasteiger charge is 2.17. The number of aromatic hydroxyl groups is 1. The smallest absolute Gasteiger partial charge is 0.311 e. The molecular weight excluding hydrogens is 462 g/mol. The summed E-state index contributed by atoms with van der Waals surface area (Å²) in [5, 5.41) is 38.5. The van der Waals surface area contributed by atoms with Gasteiger partial charge in [-0.25, -0.2) is 5.43 Å². The van der Waals surface area contributed by atoms with E-state index in [0.717, 1.165) is 0 Å². The van der Waals surface area contributed by atoms with E-state index in [0.29, 0.717) is 43.5 Å². The average molecular weight is 481 g/mol. The number of phenols is 1. The Morgan fingerprint density at radius 2 is 1.71 bits per heavy atom.